The Kier molecular flexibility index (Phi) is 1.74. The third-order valence-corrected chi connectivity index (χ3v) is 17.2. The Labute approximate surface area is 131 Å². The molecule has 3 nitrogen and oxygen atoms in total. The van der Waals surface area contributed by atoms with E-state index >= 15 is 0 Å². The second kappa shape index (κ2) is 3.06. The maximum absolute atomic E-state index is 12.6. The Hall–Kier alpha value is -0.860. The van der Waals surface area contributed by atoms with Gasteiger partial charge < -0.3 is 0 Å². The Morgan fingerprint density at radius 1 is 1.27 bits per heavy atom. The molecule has 0 radical (unpaired) electrons. The molecule has 7 heteroatoms. The number of ether oxygens (including phenoxy) is 1. The van der Waals surface area contributed by atoms with Gasteiger partial charge >= 0.3 is 131 Å². The fourth-order valence-electron chi connectivity index (χ4n) is 6.27. The molecule has 3 aliphatic heterocycles. The molecule has 0 amide bonds. The Balaban J connectivity index is 1.34. The van der Waals surface area contributed by atoms with Crippen LogP contribution in [0.4, 0.5) is 13.2 Å². The average Bonchev–Trinajstić information content (AvgIpc) is 2.53. The first-order valence-corrected chi connectivity index (χ1v) is 10.8. The predicted octanol–water partition coefficient (Wildman–Crippen LogP) is 2.41. The van der Waals surface area contributed by atoms with Gasteiger partial charge in [0.2, 0.25) is 0 Å². The van der Waals surface area contributed by atoms with Crippen LogP contribution in [0, 0.1) is 17.8 Å². The van der Waals surface area contributed by atoms with Gasteiger partial charge in [-0.15, -0.1) is 0 Å². The first kappa shape index (κ1) is 12.5. The van der Waals surface area contributed by atoms with Gasteiger partial charge in [-0.2, -0.15) is 0 Å². The van der Waals surface area contributed by atoms with Crippen molar-refractivity contribution in [3.63, 3.8) is 0 Å². The van der Waals surface area contributed by atoms with Crippen LogP contribution in [0.5, 0.6) is 0 Å². The van der Waals surface area contributed by atoms with Crippen molar-refractivity contribution in [1.29, 1.82) is 0 Å². The van der Waals surface area contributed by atoms with Crippen LogP contribution in [0.25, 0.3) is 0 Å². The zero-order valence-corrected chi connectivity index (χ0v) is 13.6. The molecule has 6 aliphatic rings. The van der Waals surface area contributed by atoms with E-state index in [1.165, 1.54) is 13.3 Å². The van der Waals surface area contributed by atoms with Gasteiger partial charge in [-0.25, -0.2) is 0 Å². The number of nitrogens with zero attached hydrogens (tertiary/aromatic N) is 1. The molecule has 0 bridgehead atoms. The molecular formula is C15H11F3INO2. The number of carbonyl (C=O) groups is 1. The summed E-state index contributed by atoms with van der Waals surface area (Å²) in [4.78, 5) is 15.7. The van der Waals surface area contributed by atoms with E-state index in [1.807, 2.05) is 0 Å². The number of carbonyl (C=O) groups excluding carboxylic acids is 1. The number of aromatic nitrogens is 1. The van der Waals surface area contributed by atoms with E-state index < -0.39 is 31.7 Å². The molecule has 0 spiro atoms. The summed E-state index contributed by atoms with van der Waals surface area (Å²) in [6.45, 7) is 0. The first-order chi connectivity index (χ1) is 10.4. The fourth-order valence-corrected chi connectivity index (χ4v) is 19.7. The average molecular weight is 421 g/mol. The molecule has 6 fully saturated rings. The van der Waals surface area contributed by atoms with Gasteiger partial charge in [-0.3, -0.25) is 0 Å². The van der Waals surface area contributed by atoms with Crippen molar-refractivity contribution in [2.24, 2.45) is 17.8 Å². The third-order valence-electron chi connectivity index (χ3n) is 6.76. The van der Waals surface area contributed by atoms with Crippen molar-refractivity contribution >= 4 is 25.8 Å². The summed E-state index contributed by atoms with van der Waals surface area (Å²) < 4.78 is 44.1. The molecule has 0 N–H and O–H groups in total. The van der Waals surface area contributed by atoms with E-state index in [4.69, 9.17) is 4.74 Å². The number of pyridine rings is 1. The number of rotatable bonds is 2. The minimum absolute atomic E-state index is 0.00953. The van der Waals surface area contributed by atoms with Crippen LogP contribution in [0.15, 0.2) is 18.3 Å². The van der Waals surface area contributed by atoms with Crippen LogP contribution in [0.2, 0.25) is 0 Å². The predicted molar refractivity (Wildman–Crippen MR) is 77.7 cm³/mol. The molecule has 7 rings (SSSR count). The number of methoxy groups -OCH3 is 1. The van der Waals surface area contributed by atoms with Gasteiger partial charge in [-0.1, -0.05) is 0 Å². The van der Waals surface area contributed by atoms with E-state index in [0.29, 0.717) is 25.6 Å². The summed E-state index contributed by atoms with van der Waals surface area (Å²) in [5, 5.41) is 0. The normalized spacial score (nSPS) is 52.4. The van der Waals surface area contributed by atoms with Gasteiger partial charge in [-0.05, 0) is 0 Å². The topological polar surface area (TPSA) is 39.2 Å². The molecule has 3 aliphatic carbocycles. The van der Waals surface area contributed by atoms with Gasteiger partial charge in [0.1, 0.15) is 0 Å². The van der Waals surface area contributed by atoms with Gasteiger partial charge in [0.05, 0.1) is 0 Å². The Bertz CT molecular complexity index is 705. The molecule has 4 heterocycles. The molecule has 4 unspecified atom stereocenters. The molecule has 116 valence electrons. The van der Waals surface area contributed by atoms with Crippen LogP contribution in [0.3, 0.4) is 0 Å². The summed E-state index contributed by atoms with van der Waals surface area (Å²) in [6.07, 6.45) is -2.94. The van der Waals surface area contributed by atoms with Crippen LogP contribution < -0.4 is 0 Å². The van der Waals surface area contributed by atoms with Gasteiger partial charge in [0.15, 0.2) is 0 Å². The molecule has 22 heavy (non-hydrogen) atoms. The number of hydrogen-bond acceptors (Lipinski definition) is 3. The van der Waals surface area contributed by atoms with Crippen LogP contribution in [0.1, 0.15) is 11.3 Å². The number of alkyl halides is 6. The monoisotopic (exact) mass is 421 g/mol. The quantitative estimate of drug-likeness (QED) is 0.419. The van der Waals surface area contributed by atoms with E-state index in [-0.39, 0.29) is 14.8 Å². The van der Waals surface area contributed by atoms with Crippen molar-refractivity contribution in [1.82, 2.24) is 4.98 Å². The molecule has 3 saturated carbocycles. The number of halogens is 4. The van der Waals surface area contributed by atoms with Crippen LogP contribution in [-0.4, -0.2) is 29.3 Å². The standard InChI is InChI=1S/C15H11F3INO2/c1-22-12(21)14-8-7-9(14)11-13(7,10(8)19(11)14)5-2-3-6(20-4-5)15(16,17)18/h2-4,7-11H,1H3. The van der Waals surface area contributed by atoms with E-state index in [1.54, 1.807) is 6.07 Å². The molecule has 4 atom stereocenters. The summed E-state index contributed by atoms with van der Waals surface area (Å²) in [5.41, 5.74) is 0.283. The SMILES string of the molecule is COC(=O)C12C3C4C1C1I2C3C41c1ccc(C(F)(F)F)nc1. The molecular weight excluding hydrogens is 410 g/mol. The van der Waals surface area contributed by atoms with Crippen molar-refractivity contribution in [3.05, 3.63) is 29.6 Å². The van der Waals surface area contributed by atoms with E-state index in [9.17, 15) is 18.0 Å². The maximum atomic E-state index is 12.6. The van der Waals surface area contributed by atoms with E-state index in [0.717, 1.165) is 11.6 Å². The van der Waals surface area contributed by atoms with Crippen molar-refractivity contribution in [2.45, 2.75) is 22.9 Å². The van der Waals surface area contributed by atoms with Crippen LogP contribution >= 0.6 is 19.8 Å². The molecule has 0 aromatic carbocycles. The van der Waals surface area contributed by atoms with Crippen LogP contribution in [-0.2, 0) is 21.1 Å². The number of esters is 1. The first-order valence-electron chi connectivity index (χ1n) is 7.22. The summed E-state index contributed by atoms with van der Waals surface area (Å²) >= 11 is -1.27. The summed E-state index contributed by atoms with van der Waals surface area (Å²) in [5.74, 6) is 1.50. The molecule has 1 aromatic heterocycles. The Morgan fingerprint density at radius 3 is 2.36 bits per heavy atom. The van der Waals surface area contributed by atoms with Crippen molar-refractivity contribution in [2.75, 3.05) is 7.11 Å². The van der Waals surface area contributed by atoms with Gasteiger partial charge in [0, 0.05) is 0 Å². The zero-order chi connectivity index (χ0) is 15.2. The summed E-state index contributed by atoms with van der Waals surface area (Å²) in [6, 6.07) is 2.73. The van der Waals surface area contributed by atoms with Crippen molar-refractivity contribution in [3.8, 4) is 0 Å². The second-order valence-corrected chi connectivity index (χ2v) is 13.3. The molecule has 3 saturated heterocycles. The van der Waals surface area contributed by atoms with E-state index in [2.05, 4.69) is 4.98 Å². The van der Waals surface area contributed by atoms with Crippen molar-refractivity contribution < 1.29 is 22.7 Å². The molecule has 1 aromatic rings. The summed E-state index contributed by atoms with van der Waals surface area (Å²) in [7, 11) is 1.47. The minimum atomic E-state index is -4.38. The second-order valence-electron chi connectivity index (χ2n) is 6.85. The fraction of sp³-hybridized carbons (Fsp3) is 0.600. The third kappa shape index (κ3) is 0.793. The zero-order valence-electron chi connectivity index (χ0n) is 11.4. The number of hydrogen-bond donors (Lipinski definition) is 0. The Morgan fingerprint density at radius 2 is 1.95 bits per heavy atom. The van der Waals surface area contributed by atoms with Gasteiger partial charge in [0.25, 0.3) is 0 Å².